The lowest BCUT2D eigenvalue weighted by Crippen LogP contribution is -2.21. The summed E-state index contributed by atoms with van der Waals surface area (Å²) in [4.78, 5) is 22.3. The van der Waals surface area contributed by atoms with Crippen LogP contribution in [-0.4, -0.2) is 24.2 Å². The number of aryl methyl sites for hydroxylation is 1. The number of hydrogen-bond acceptors (Lipinski definition) is 4. The van der Waals surface area contributed by atoms with Crippen molar-refractivity contribution in [3.8, 4) is 0 Å². The number of hydrogen-bond donors (Lipinski definition) is 2. The minimum Gasteiger partial charge on any atom is -0.480 e. The molecule has 0 bridgehead atoms. The molecule has 5 heteroatoms. The summed E-state index contributed by atoms with van der Waals surface area (Å²) < 4.78 is 4.64. The van der Waals surface area contributed by atoms with Crippen molar-refractivity contribution in [3.05, 3.63) is 34.4 Å². The van der Waals surface area contributed by atoms with E-state index in [1.807, 2.05) is 0 Å². The van der Waals surface area contributed by atoms with Gasteiger partial charge in [0.1, 0.15) is 6.04 Å². The Kier molecular flexibility index (Phi) is 3.85. The van der Waals surface area contributed by atoms with Crippen molar-refractivity contribution in [3.63, 3.8) is 0 Å². The molecule has 5 nitrogen and oxygen atoms in total. The van der Waals surface area contributed by atoms with Crippen LogP contribution in [-0.2, 0) is 9.53 Å². The Morgan fingerprint density at radius 1 is 1.35 bits per heavy atom. The SMILES string of the molecule is COC(=O)c1cc(C(N)C(=O)O)cc(C)c1C. The number of nitrogens with two attached hydrogens (primary N) is 1. The number of rotatable bonds is 3. The quantitative estimate of drug-likeness (QED) is 0.770. The van der Waals surface area contributed by atoms with E-state index >= 15 is 0 Å². The standard InChI is InChI=1S/C12H15NO4/c1-6-4-8(10(13)11(14)15)5-9(7(6)2)12(16)17-3/h4-5,10H,13H2,1-3H3,(H,14,15). The molecule has 0 heterocycles. The monoisotopic (exact) mass is 237 g/mol. The fourth-order valence-corrected chi connectivity index (χ4v) is 1.53. The van der Waals surface area contributed by atoms with E-state index in [2.05, 4.69) is 4.74 Å². The molecular weight excluding hydrogens is 222 g/mol. The Hall–Kier alpha value is -1.88. The second-order valence-corrected chi connectivity index (χ2v) is 3.82. The number of methoxy groups -OCH3 is 1. The molecule has 0 spiro atoms. The van der Waals surface area contributed by atoms with Crippen molar-refractivity contribution < 1.29 is 19.4 Å². The summed E-state index contributed by atoms with van der Waals surface area (Å²) in [5, 5.41) is 8.84. The van der Waals surface area contributed by atoms with Gasteiger partial charge < -0.3 is 15.6 Å². The summed E-state index contributed by atoms with van der Waals surface area (Å²) in [5.41, 5.74) is 7.82. The van der Waals surface area contributed by atoms with Crippen LogP contribution in [0.15, 0.2) is 12.1 Å². The molecule has 0 radical (unpaired) electrons. The van der Waals surface area contributed by atoms with Crippen LogP contribution in [0.1, 0.15) is 33.1 Å². The van der Waals surface area contributed by atoms with Crippen LogP contribution in [0.4, 0.5) is 0 Å². The third kappa shape index (κ3) is 2.62. The largest absolute Gasteiger partial charge is 0.480 e. The van der Waals surface area contributed by atoms with Gasteiger partial charge in [0, 0.05) is 0 Å². The Labute approximate surface area is 99.2 Å². The van der Waals surface area contributed by atoms with Crippen LogP contribution in [0.2, 0.25) is 0 Å². The lowest BCUT2D eigenvalue weighted by Gasteiger charge is -2.13. The molecule has 1 rings (SSSR count). The summed E-state index contributed by atoms with van der Waals surface area (Å²) >= 11 is 0. The van der Waals surface area contributed by atoms with E-state index in [-0.39, 0.29) is 0 Å². The van der Waals surface area contributed by atoms with Crippen LogP contribution in [0.25, 0.3) is 0 Å². The second-order valence-electron chi connectivity index (χ2n) is 3.82. The molecule has 92 valence electrons. The minimum atomic E-state index is -1.14. The topological polar surface area (TPSA) is 89.6 Å². The normalized spacial score (nSPS) is 12.0. The first-order chi connectivity index (χ1) is 7.88. The first kappa shape index (κ1) is 13.2. The average Bonchev–Trinajstić information content (AvgIpc) is 2.30. The van der Waals surface area contributed by atoms with Crippen LogP contribution >= 0.6 is 0 Å². The second kappa shape index (κ2) is 4.97. The molecule has 17 heavy (non-hydrogen) atoms. The Morgan fingerprint density at radius 2 is 1.94 bits per heavy atom. The lowest BCUT2D eigenvalue weighted by atomic mass is 9.96. The van der Waals surface area contributed by atoms with Crippen molar-refractivity contribution in [1.29, 1.82) is 0 Å². The zero-order valence-corrected chi connectivity index (χ0v) is 9.98. The molecular formula is C12H15NO4. The fraction of sp³-hybridized carbons (Fsp3) is 0.333. The van der Waals surface area contributed by atoms with Crippen LogP contribution in [0.3, 0.4) is 0 Å². The molecule has 1 aromatic carbocycles. The summed E-state index contributed by atoms with van der Waals surface area (Å²) in [5.74, 6) is -1.63. The molecule has 0 aliphatic heterocycles. The van der Waals surface area contributed by atoms with Crippen molar-refractivity contribution in [2.45, 2.75) is 19.9 Å². The molecule has 0 fully saturated rings. The van der Waals surface area contributed by atoms with Gasteiger partial charge in [0.15, 0.2) is 0 Å². The number of benzene rings is 1. The van der Waals surface area contributed by atoms with Gasteiger partial charge in [-0.3, -0.25) is 4.79 Å². The summed E-state index contributed by atoms with van der Waals surface area (Å²) in [7, 11) is 1.28. The predicted molar refractivity (Wildman–Crippen MR) is 61.8 cm³/mol. The molecule has 1 unspecified atom stereocenters. The molecule has 0 saturated heterocycles. The van der Waals surface area contributed by atoms with Crippen molar-refractivity contribution in [2.75, 3.05) is 7.11 Å². The van der Waals surface area contributed by atoms with Crippen molar-refractivity contribution in [2.24, 2.45) is 5.73 Å². The van der Waals surface area contributed by atoms with E-state index in [9.17, 15) is 9.59 Å². The fourth-order valence-electron chi connectivity index (χ4n) is 1.53. The maximum atomic E-state index is 11.5. The first-order valence-corrected chi connectivity index (χ1v) is 5.06. The number of esters is 1. The zero-order chi connectivity index (χ0) is 13.2. The van der Waals surface area contributed by atoms with Gasteiger partial charge in [-0.25, -0.2) is 4.79 Å². The van der Waals surface area contributed by atoms with Gasteiger partial charge in [0.05, 0.1) is 12.7 Å². The molecule has 3 N–H and O–H groups in total. The van der Waals surface area contributed by atoms with E-state index in [0.29, 0.717) is 11.1 Å². The Bertz CT molecular complexity index is 468. The number of carbonyl (C=O) groups is 2. The van der Waals surface area contributed by atoms with Crippen molar-refractivity contribution >= 4 is 11.9 Å². The van der Waals surface area contributed by atoms with Crippen LogP contribution < -0.4 is 5.73 Å². The number of ether oxygens (including phenoxy) is 1. The number of carbonyl (C=O) groups excluding carboxylic acids is 1. The number of carboxylic acids is 1. The summed E-state index contributed by atoms with van der Waals surface area (Å²) in [6.07, 6.45) is 0. The predicted octanol–water partition coefficient (Wildman–Crippen LogP) is 1.17. The maximum Gasteiger partial charge on any atom is 0.338 e. The lowest BCUT2D eigenvalue weighted by molar-refractivity contribution is -0.138. The zero-order valence-electron chi connectivity index (χ0n) is 9.98. The molecule has 1 aromatic rings. The molecule has 0 amide bonds. The van der Waals surface area contributed by atoms with E-state index in [1.165, 1.54) is 13.2 Å². The van der Waals surface area contributed by atoms with Gasteiger partial charge in [-0.2, -0.15) is 0 Å². The minimum absolute atomic E-state index is 0.346. The maximum absolute atomic E-state index is 11.5. The third-order valence-corrected chi connectivity index (χ3v) is 2.72. The summed E-state index contributed by atoms with van der Waals surface area (Å²) in [6, 6.07) is 1.99. The summed E-state index contributed by atoms with van der Waals surface area (Å²) in [6.45, 7) is 3.57. The molecule has 0 aliphatic carbocycles. The number of aliphatic carboxylic acids is 1. The molecule has 0 aliphatic rings. The van der Waals surface area contributed by atoms with E-state index in [4.69, 9.17) is 10.8 Å². The Morgan fingerprint density at radius 3 is 2.41 bits per heavy atom. The Balaban J connectivity index is 3.33. The van der Waals surface area contributed by atoms with Gasteiger partial charge in [0.25, 0.3) is 0 Å². The smallest absolute Gasteiger partial charge is 0.338 e. The van der Waals surface area contributed by atoms with Gasteiger partial charge >= 0.3 is 11.9 Å². The van der Waals surface area contributed by atoms with Gasteiger partial charge in [-0.15, -0.1) is 0 Å². The van der Waals surface area contributed by atoms with Crippen LogP contribution in [0.5, 0.6) is 0 Å². The molecule has 1 atom stereocenters. The first-order valence-electron chi connectivity index (χ1n) is 5.06. The highest BCUT2D eigenvalue weighted by atomic mass is 16.5. The highest BCUT2D eigenvalue weighted by molar-refractivity contribution is 5.92. The van der Waals surface area contributed by atoms with E-state index < -0.39 is 18.0 Å². The van der Waals surface area contributed by atoms with Gasteiger partial charge in [-0.1, -0.05) is 6.07 Å². The van der Waals surface area contributed by atoms with E-state index in [1.54, 1.807) is 19.9 Å². The average molecular weight is 237 g/mol. The number of carboxylic acid groups (broad SMARTS) is 1. The third-order valence-electron chi connectivity index (χ3n) is 2.72. The van der Waals surface area contributed by atoms with Crippen LogP contribution in [0, 0.1) is 13.8 Å². The highest BCUT2D eigenvalue weighted by Crippen LogP contribution is 2.21. The molecule has 0 saturated carbocycles. The molecule has 0 aromatic heterocycles. The van der Waals surface area contributed by atoms with E-state index in [0.717, 1.165) is 11.1 Å². The van der Waals surface area contributed by atoms with Gasteiger partial charge in [0.2, 0.25) is 0 Å². The van der Waals surface area contributed by atoms with Crippen molar-refractivity contribution in [1.82, 2.24) is 0 Å². The van der Waals surface area contributed by atoms with Gasteiger partial charge in [-0.05, 0) is 36.6 Å². The highest BCUT2D eigenvalue weighted by Gasteiger charge is 2.19.